The largest absolute Gasteiger partial charge is 0.356 e. The maximum absolute atomic E-state index is 12.6. The van der Waals surface area contributed by atoms with Gasteiger partial charge in [0.2, 0.25) is 11.8 Å². The summed E-state index contributed by atoms with van der Waals surface area (Å²) in [5, 5.41) is 3.00. The van der Waals surface area contributed by atoms with Gasteiger partial charge < -0.3 is 14.8 Å². The minimum atomic E-state index is -0.338. The third kappa shape index (κ3) is 3.73. The number of rotatable bonds is 6. The van der Waals surface area contributed by atoms with Gasteiger partial charge in [0, 0.05) is 39.0 Å². The van der Waals surface area contributed by atoms with Crippen LogP contribution >= 0.6 is 0 Å². The molecule has 1 N–H and O–H groups in total. The van der Waals surface area contributed by atoms with E-state index in [1.807, 2.05) is 43.5 Å². The van der Waals surface area contributed by atoms with Crippen molar-refractivity contribution in [2.24, 2.45) is 5.92 Å². The zero-order valence-corrected chi connectivity index (χ0v) is 14.7. The van der Waals surface area contributed by atoms with E-state index in [0.717, 1.165) is 24.4 Å². The van der Waals surface area contributed by atoms with Crippen LogP contribution in [-0.4, -0.2) is 39.9 Å². The number of likely N-dealkylation sites (tertiary alicyclic amines) is 1. The smallest absolute Gasteiger partial charge is 0.226 e. The standard InChI is InChI=1S/C19H24N4O2/c1-14-20-10-12-23(14)11-6-9-21-19(25)16-13-17(24)22(2)18(16)15-7-4-3-5-8-15/h3-5,7-8,10,12,16,18H,6,9,11,13H2,1-2H3,(H,21,25)/t16-,18-/m0/s1. The highest BCUT2D eigenvalue weighted by Gasteiger charge is 2.42. The van der Waals surface area contributed by atoms with Gasteiger partial charge in [-0.3, -0.25) is 9.59 Å². The van der Waals surface area contributed by atoms with Gasteiger partial charge in [-0.15, -0.1) is 0 Å². The molecule has 2 atom stereocenters. The first-order valence-corrected chi connectivity index (χ1v) is 8.64. The van der Waals surface area contributed by atoms with Crippen molar-refractivity contribution in [1.29, 1.82) is 0 Å². The van der Waals surface area contributed by atoms with Crippen LogP contribution in [0.5, 0.6) is 0 Å². The van der Waals surface area contributed by atoms with E-state index in [2.05, 4.69) is 14.9 Å². The molecule has 0 spiro atoms. The molecule has 1 aromatic carbocycles. The van der Waals surface area contributed by atoms with Crippen LogP contribution in [0.3, 0.4) is 0 Å². The molecule has 6 heteroatoms. The molecule has 0 unspecified atom stereocenters. The van der Waals surface area contributed by atoms with Crippen LogP contribution in [0.15, 0.2) is 42.7 Å². The Morgan fingerprint density at radius 2 is 2.08 bits per heavy atom. The zero-order valence-electron chi connectivity index (χ0n) is 14.7. The first kappa shape index (κ1) is 17.2. The predicted molar refractivity (Wildman–Crippen MR) is 94.7 cm³/mol. The van der Waals surface area contributed by atoms with Gasteiger partial charge in [0.05, 0.1) is 12.0 Å². The second kappa shape index (κ2) is 7.51. The predicted octanol–water partition coefficient (Wildman–Crippen LogP) is 1.92. The second-order valence-corrected chi connectivity index (χ2v) is 6.48. The van der Waals surface area contributed by atoms with Crippen molar-refractivity contribution >= 4 is 11.8 Å². The van der Waals surface area contributed by atoms with Gasteiger partial charge in [0.15, 0.2) is 0 Å². The van der Waals surface area contributed by atoms with E-state index in [4.69, 9.17) is 0 Å². The van der Waals surface area contributed by atoms with Gasteiger partial charge in [0.1, 0.15) is 5.82 Å². The highest BCUT2D eigenvalue weighted by Crippen LogP contribution is 2.36. The molecule has 0 bridgehead atoms. The normalized spacial score (nSPS) is 20.1. The minimum Gasteiger partial charge on any atom is -0.356 e. The number of aromatic nitrogens is 2. The molecule has 1 aliphatic rings. The molecule has 25 heavy (non-hydrogen) atoms. The highest BCUT2D eigenvalue weighted by atomic mass is 16.2. The van der Waals surface area contributed by atoms with E-state index < -0.39 is 0 Å². The number of benzene rings is 1. The average molecular weight is 340 g/mol. The summed E-state index contributed by atoms with van der Waals surface area (Å²) in [5.41, 5.74) is 1.00. The number of amides is 2. The Kier molecular flexibility index (Phi) is 5.16. The van der Waals surface area contributed by atoms with Crippen molar-refractivity contribution in [2.75, 3.05) is 13.6 Å². The molecule has 2 heterocycles. The van der Waals surface area contributed by atoms with Gasteiger partial charge in [-0.2, -0.15) is 0 Å². The van der Waals surface area contributed by atoms with Gasteiger partial charge in [-0.25, -0.2) is 4.98 Å². The van der Waals surface area contributed by atoms with Crippen molar-refractivity contribution in [1.82, 2.24) is 19.8 Å². The summed E-state index contributed by atoms with van der Waals surface area (Å²) in [6.45, 7) is 3.37. The number of nitrogens with zero attached hydrogens (tertiary/aromatic N) is 3. The van der Waals surface area contributed by atoms with Crippen LogP contribution in [0.2, 0.25) is 0 Å². The zero-order chi connectivity index (χ0) is 17.8. The monoisotopic (exact) mass is 340 g/mol. The summed E-state index contributed by atoms with van der Waals surface area (Å²) < 4.78 is 2.06. The topological polar surface area (TPSA) is 67.2 Å². The van der Waals surface area contributed by atoms with Crippen LogP contribution in [0.25, 0.3) is 0 Å². The van der Waals surface area contributed by atoms with Crippen molar-refractivity contribution in [2.45, 2.75) is 32.4 Å². The highest BCUT2D eigenvalue weighted by molar-refractivity contribution is 5.90. The lowest BCUT2D eigenvalue weighted by molar-refractivity contribution is -0.128. The molecule has 1 aromatic heterocycles. The molecule has 1 aliphatic heterocycles. The van der Waals surface area contributed by atoms with Gasteiger partial charge in [-0.05, 0) is 18.9 Å². The number of aryl methyl sites for hydroxylation is 2. The Labute approximate surface area is 147 Å². The molecule has 2 amide bonds. The van der Waals surface area contributed by atoms with Crippen LogP contribution in [0, 0.1) is 12.8 Å². The average Bonchev–Trinajstić information content (AvgIpc) is 3.16. The summed E-state index contributed by atoms with van der Waals surface area (Å²) in [4.78, 5) is 30.6. The van der Waals surface area contributed by atoms with E-state index in [1.54, 1.807) is 18.1 Å². The first-order chi connectivity index (χ1) is 12.1. The van der Waals surface area contributed by atoms with Crippen LogP contribution < -0.4 is 5.32 Å². The molecule has 0 radical (unpaired) electrons. The molecule has 1 fully saturated rings. The Balaban J connectivity index is 1.58. The van der Waals surface area contributed by atoms with E-state index in [1.165, 1.54) is 0 Å². The van der Waals surface area contributed by atoms with E-state index in [9.17, 15) is 9.59 Å². The Morgan fingerprint density at radius 3 is 2.76 bits per heavy atom. The number of carbonyl (C=O) groups excluding carboxylic acids is 2. The minimum absolute atomic E-state index is 0.0167. The Hall–Kier alpha value is -2.63. The lowest BCUT2D eigenvalue weighted by Crippen LogP contribution is -2.35. The summed E-state index contributed by atoms with van der Waals surface area (Å²) >= 11 is 0. The maximum atomic E-state index is 12.6. The quantitative estimate of drug-likeness (QED) is 0.817. The van der Waals surface area contributed by atoms with Crippen molar-refractivity contribution < 1.29 is 9.59 Å². The fraction of sp³-hybridized carbons (Fsp3) is 0.421. The van der Waals surface area contributed by atoms with Crippen molar-refractivity contribution in [3.05, 3.63) is 54.1 Å². The molecule has 6 nitrogen and oxygen atoms in total. The van der Waals surface area contributed by atoms with Gasteiger partial charge in [0.25, 0.3) is 0 Å². The molecule has 1 saturated heterocycles. The van der Waals surface area contributed by atoms with Crippen LogP contribution in [0.1, 0.15) is 30.3 Å². The fourth-order valence-corrected chi connectivity index (χ4v) is 3.44. The number of nitrogens with one attached hydrogen (secondary N) is 1. The van der Waals surface area contributed by atoms with E-state index in [0.29, 0.717) is 6.54 Å². The summed E-state index contributed by atoms with van der Waals surface area (Å²) in [6.07, 6.45) is 4.81. The number of hydrogen-bond acceptors (Lipinski definition) is 3. The number of imidazole rings is 1. The third-order valence-corrected chi connectivity index (χ3v) is 4.86. The summed E-state index contributed by atoms with van der Waals surface area (Å²) in [6, 6.07) is 9.57. The van der Waals surface area contributed by atoms with Gasteiger partial charge >= 0.3 is 0 Å². The van der Waals surface area contributed by atoms with Gasteiger partial charge in [-0.1, -0.05) is 30.3 Å². The third-order valence-electron chi connectivity index (χ3n) is 4.86. The molecule has 132 valence electrons. The van der Waals surface area contributed by atoms with Crippen molar-refractivity contribution in [3.63, 3.8) is 0 Å². The van der Waals surface area contributed by atoms with Crippen molar-refractivity contribution in [3.8, 4) is 0 Å². The molecular formula is C19H24N4O2. The van der Waals surface area contributed by atoms with E-state index in [-0.39, 0.29) is 30.2 Å². The molecular weight excluding hydrogens is 316 g/mol. The maximum Gasteiger partial charge on any atom is 0.226 e. The van der Waals surface area contributed by atoms with E-state index >= 15 is 0 Å². The Morgan fingerprint density at radius 1 is 1.32 bits per heavy atom. The summed E-state index contributed by atoms with van der Waals surface area (Å²) in [5.74, 6) is 0.602. The molecule has 2 aromatic rings. The number of hydrogen-bond donors (Lipinski definition) is 1. The Bertz CT molecular complexity index is 741. The first-order valence-electron chi connectivity index (χ1n) is 8.64. The number of carbonyl (C=O) groups is 2. The summed E-state index contributed by atoms with van der Waals surface area (Å²) in [7, 11) is 1.77. The van der Waals surface area contributed by atoms with Crippen LogP contribution in [-0.2, 0) is 16.1 Å². The lowest BCUT2D eigenvalue weighted by atomic mass is 9.93. The molecule has 0 saturated carbocycles. The second-order valence-electron chi connectivity index (χ2n) is 6.48. The van der Waals surface area contributed by atoms with Crippen LogP contribution in [0.4, 0.5) is 0 Å². The fourth-order valence-electron chi connectivity index (χ4n) is 3.44. The molecule has 3 rings (SSSR count). The lowest BCUT2D eigenvalue weighted by Gasteiger charge is -2.25. The molecule has 0 aliphatic carbocycles. The SMILES string of the molecule is Cc1nccn1CCCNC(=O)[C@H]1CC(=O)N(C)[C@H]1c1ccccc1.